The number of rotatable bonds is 6. The second-order valence-electron chi connectivity index (χ2n) is 7.75. The minimum absolute atomic E-state index is 0.0616. The summed E-state index contributed by atoms with van der Waals surface area (Å²) in [5.41, 5.74) is 2.15. The number of aromatic nitrogens is 5. The molecule has 0 aliphatic rings. The van der Waals surface area contributed by atoms with Crippen LogP contribution in [0.4, 0.5) is 5.69 Å². The van der Waals surface area contributed by atoms with E-state index in [1.807, 2.05) is 0 Å². The topological polar surface area (TPSA) is 133 Å². The average Bonchev–Trinajstić information content (AvgIpc) is 3.47. The number of pyridine rings is 1. The van der Waals surface area contributed by atoms with Crippen molar-refractivity contribution in [2.24, 2.45) is 0 Å². The molecule has 174 valence electrons. The summed E-state index contributed by atoms with van der Waals surface area (Å²) >= 11 is 1.27. The molecule has 10 nitrogen and oxygen atoms in total. The number of benzene rings is 1. The van der Waals surface area contributed by atoms with E-state index in [1.165, 1.54) is 29.2 Å². The largest absolute Gasteiger partial charge is 0.333 e. The average molecular weight is 487 g/mol. The minimum Gasteiger partial charge on any atom is -0.333 e. The molecule has 0 spiro atoms. The Labute approximate surface area is 202 Å². The van der Waals surface area contributed by atoms with Gasteiger partial charge < -0.3 is 9.84 Å². The molecule has 0 bridgehead atoms. The molecular weight excluding hydrogens is 468 g/mol. The van der Waals surface area contributed by atoms with Gasteiger partial charge in [0.2, 0.25) is 11.7 Å². The van der Waals surface area contributed by atoms with Crippen LogP contribution < -0.4 is 10.9 Å². The van der Waals surface area contributed by atoms with Gasteiger partial charge in [-0.25, -0.2) is 4.98 Å². The fraction of sp³-hybridized carbons (Fsp3) is 0.125. The van der Waals surface area contributed by atoms with Gasteiger partial charge in [0.1, 0.15) is 11.4 Å². The highest BCUT2D eigenvalue weighted by Crippen LogP contribution is 2.35. The van der Waals surface area contributed by atoms with E-state index in [0.29, 0.717) is 37.7 Å². The maximum atomic E-state index is 13.2. The van der Waals surface area contributed by atoms with Crippen LogP contribution in [0.25, 0.3) is 32.4 Å². The van der Waals surface area contributed by atoms with Crippen LogP contribution in [-0.4, -0.2) is 36.4 Å². The van der Waals surface area contributed by atoms with Crippen LogP contribution in [0.1, 0.15) is 22.8 Å². The van der Waals surface area contributed by atoms with Crippen molar-refractivity contribution in [1.29, 1.82) is 0 Å². The number of Topliss-reactive ketones (excluding diaryl/α,β-unsaturated/α-hetero) is 1. The van der Waals surface area contributed by atoms with Gasteiger partial charge in [-0.05, 0) is 55.8 Å². The molecule has 1 amide bonds. The van der Waals surface area contributed by atoms with Gasteiger partial charge in [-0.2, -0.15) is 4.98 Å². The number of carbonyl (C=O) groups excluding carboxylic acids is 2. The Morgan fingerprint density at radius 1 is 1.11 bits per heavy atom. The predicted molar refractivity (Wildman–Crippen MR) is 130 cm³/mol. The smallest absolute Gasteiger partial charge is 0.268 e. The fourth-order valence-electron chi connectivity index (χ4n) is 3.55. The van der Waals surface area contributed by atoms with Crippen LogP contribution in [0.3, 0.4) is 0 Å². The number of ketones is 1. The van der Waals surface area contributed by atoms with Gasteiger partial charge in [-0.15, -0.1) is 11.3 Å². The van der Waals surface area contributed by atoms with Gasteiger partial charge in [-0.3, -0.25) is 23.9 Å². The third-order valence-electron chi connectivity index (χ3n) is 5.37. The Bertz CT molecular complexity index is 1620. The minimum atomic E-state index is -0.393. The molecule has 0 aliphatic heterocycles. The second kappa shape index (κ2) is 9.03. The van der Waals surface area contributed by atoms with E-state index in [2.05, 4.69) is 25.4 Å². The fourth-order valence-corrected chi connectivity index (χ4v) is 4.61. The summed E-state index contributed by atoms with van der Waals surface area (Å²) in [4.78, 5) is 51.1. The normalized spacial score (nSPS) is 11.0. The molecule has 4 aromatic heterocycles. The predicted octanol–water partition coefficient (Wildman–Crippen LogP) is 3.72. The zero-order valence-corrected chi connectivity index (χ0v) is 19.5. The number of amides is 1. The van der Waals surface area contributed by atoms with Crippen molar-refractivity contribution < 1.29 is 14.1 Å². The lowest BCUT2D eigenvalue weighted by molar-refractivity contribution is -0.116. The summed E-state index contributed by atoms with van der Waals surface area (Å²) in [5.74, 6) is 0.247. The number of anilines is 1. The second-order valence-corrected chi connectivity index (χ2v) is 8.75. The van der Waals surface area contributed by atoms with Gasteiger partial charge in [0.25, 0.3) is 11.4 Å². The van der Waals surface area contributed by atoms with Crippen molar-refractivity contribution in [3.8, 4) is 22.2 Å². The number of nitrogens with one attached hydrogen (secondary N) is 1. The molecular formula is C24H18N6O4S. The Morgan fingerprint density at radius 3 is 2.57 bits per heavy atom. The van der Waals surface area contributed by atoms with Crippen LogP contribution in [0.2, 0.25) is 0 Å². The Hall–Kier alpha value is -4.51. The number of hydrogen-bond donors (Lipinski definition) is 1. The Morgan fingerprint density at radius 2 is 1.86 bits per heavy atom. The monoisotopic (exact) mass is 486 g/mol. The van der Waals surface area contributed by atoms with Gasteiger partial charge in [0, 0.05) is 29.2 Å². The molecule has 0 fully saturated rings. The Balaban J connectivity index is 1.40. The molecule has 4 heterocycles. The van der Waals surface area contributed by atoms with Crippen LogP contribution in [0.5, 0.6) is 0 Å². The zero-order valence-electron chi connectivity index (χ0n) is 18.7. The van der Waals surface area contributed by atoms with Crippen molar-refractivity contribution in [2.45, 2.75) is 20.4 Å². The van der Waals surface area contributed by atoms with E-state index in [1.54, 1.807) is 55.7 Å². The van der Waals surface area contributed by atoms with Gasteiger partial charge >= 0.3 is 0 Å². The molecule has 5 aromatic rings. The summed E-state index contributed by atoms with van der Waals surface area (Å²) in [6.07, 6.45) is 4.62. The lowest BCUT2D eigenvalue weighted by Crippen LogP contribution is -2.27. The highest BCUT2D eigenvalue weighted by molar-refractivity contribution is 7.22. The van der Waals surface area contributed by atoms with E-state index in [0.717, 1.165) is 5.56 Å². The number of hydrogen-bond acceptors (Lipinski definition) is 9. The first-order chi connectivity index (χ1) is 16.9. The van der Waals surface area contributed by atoms with Crippen molar-refractivity contribution in [1.82, 2.24) is 24.7 Å². The zero-order chi connectivity index (χ0) is 24.5. The molecule has 1 aromatic carbocycles. The first-order valence-corrected chi connectivity index (χ1v) is 11.4. The third kappa shape index (κ3) is 4.36. The maximum Gasteiger partial charge on any atom is 0.268 e. The van der Waals surface area contributed by atoms with E-state index >= 15 is 0 Å². The van der Waals surface area contributed by atoms with E-state index in [4.69, 9.17) is 4.52 Å². The number of nitrogens with zero attached hydrogens (tertiary/aromatic N) is 5. The summed E-state index contributed by atoms with van der Waals surface area (Å²) in [6.45, 7) is 3.04. The van der Waals surface area contributed by atoms with Crippen LogP contribution >= 0.6 is 11.3 Å². The van der Waals surface area contributed by atoms with Gasteiger partial charge in [0.05, 0.1) is 16.6 Å². The van der Waals surface area contributed by atoms with Gasteiger partial charge in [-0.1, -0.05) is 5.16 Å². The summed E-state index contributed by atoms with van der Waals surface area (Å²) in [5, 5.41) is 7.15. The molecule has 5 rings (SSSR count). The van der Waals surface area contributed by atoms with Crippen molar-refractivity contribution in [3.63, 3.8) is 0 Å². The van der Waals surface area contributed by atoms with Crippen molar-refractivity contribution in [2.75, 3.05) is 5.32 Å². The lowest BCUT2D eigenvalue weighted by Gasteiger charge is -2.08. The molecule has 0 unspecified atom stereocenters. The molecule has 0 saturated heterocycles. The van der Waals surface area contributed by atoms with E-state index in [9.17, 15) is 14.4 Å². The van der Waals surface area contributed by atoms with Crippen LogP contribution in [-0.2, 0) is 11.3 Å². The molecule has 0 radical (unpaired) electrons. The van der Waals surface area contributed by atoms with Gasteiger partial charge in [0.15, 0.2) is 5.78 Å². The molecule has 35 heavy (non-hydrogen) atoms. The quantitative estimate of drug-likeness (QED) is 0.359. The number of carbonyl (C=O) groups is 2. The summed E-state index contributed by atoms with van der Waals surface area (Å²) in [6, 6.07) is 10.1. The summed E-state index contributed by atoms with van der Waals surface area (Å²) < 4.78 is 6.70. The molecule has 0 saturated carbocycles. The Kier molecular flexibility index (Phi) is 5.75. The van der Waals surface area contributed by atoms with Crippen LogP contribution in [0, 0.1) is 6.92 Å². The van der Waals surface area contributed by atoms with Crippen molar-refractivity contribution >= 4 is 38.9 Å². The first kappa shape index (κ1) is 22.3. The molecule has 0 aliphatic carbocycles. The van der Waals surface area contributed by atoms with Crippen LogP contribution in [0.15, 0.2) is 64.4 Å². The molecule has 1 N–H and O–H groups in total. The first-order valence-electron chi connectivity index (χ1n) is 10.5. The van der Waals surface area contributed by atoms with E-state index < -0.39 is 5.91 Å². The standard InChI is InChI=1S/C24H18N6O4S/c1-13-19-23(35-20(13)22-28-21(29-34-22)16-7-9-25-10-8-16)26-12-30(24(19)33)11-18(32)27-17-5-3-15(4-6-17)14(2)31/h3-10,12H,11H2,1-2H3,(H,27,32). The van der Waals surface area contributed by atoms with E-state index in [-0.39, 0.29) is 23.8 Å². The highest BCUT2D eigenvalue weighted by atomic mass is 32.1. The highest BCUT2D eigenvalue weighted by Gasteiger charge is 2.21. The van der Waals surface area contributed by atoms with Crippen molar-refractivity contribution in [3.05, 3.63) is 76.6 Å². The number of aryl methyl sites for hydroxylation is 1. The number of thiophene rings is 1. The lowest BCUT2D eigenvalue weighted by atomic mass is 10.1. The molecule has 0 atom stereocenters. The third-order valence-corrected chi connectivity index (χ3v) is 6.55. The maximum absolute atomic E-state index is 13.2. The SMILES string of the molecule is CC(=O)c1ccc(NC(=O)Cn2cnc3sc(-c4nc(-c5ccncc5)no4)c(C)c3c2=O)cc1. The number of fused-ring (bicyclic) bond motifs is 1. The molecule has 11 heteroatoms. The summed E-state index contributed by atoms with van der Waals surface area (Å²) in [7, 11) is 0.